The first kappa shape index (κ1) is 16.9. The molecule has 1 unspecified atom stereocenters. The molecule has 20 heavy (non-hydrogen) atoms. The molecule has 2 N–H and O–H groups in total. The van der Waals surface area contributed by atoms with Gasteiger partial charge in [-0.1, -0.05) is 43.7 Å². The number of benzene rings is 1. The molecular formula is C15H23NO3S. The average Bonchev–Trinajstić information content (AvgIpc) is 2.43. The molecule has 2 atom stereocenters. The Bertz CT molecular complexity index is 535. The maximum Gasteiger partial charge on any atom is 0.241 e. The monoisotopic (exact) mass is 297 g/mol. The van der Waals surface area contributed by atoms with Crippen molar-refractivity contribution in [3.63, 3.8) is 0 Å². The molecule has 0 radical (unpaired) electrons. The molecule has 5 heteroatoms. The number of sulfonamides is 1. The van der Waals surface area contributed by atoms with Crippen molar-refractivity contribution < 1.29 is 13.5 Å². The average molecular weight is 297 g/mol. The fourth-order valence-electron chi connectivity index (χ4n) is 1.63. The van der Waals surface area contributed by atoms with E-state index in [-0.39, 0.29) is 23.5 Å². The van der Waals surface area contributed by atoms with E-state index in [1.165, 1.54) is 0 Å². The van der Waals surface area contributed by atoms with Crippen LogP contribution in [0.3, 0.4) is 0 Å². The minimum atomic E-state index is -3.51. The predicted molar refractivity (Wildman–Crippen MR) is 81.0 cm³/mol. The summed E-state index contributed by atoms with van der Waals surface area (Å²) >= 11 is 0. The van der Waals surface area contributed by atoms with Gasteiger partial charge in [-0.15, -0.1) is 0 Å². The zero-order valence-electron chi connectivity index (χ0n) is 12.2. The highest BCUT2D eigenvalue weighted by atomic mass is 32.2. The first-order chi connectivity index (χ1) is 9.39. The third-order valence-corrected chi connectivity index (χ3v) is 4.54. The van der Waals surface area contributed by atoms with Gasteiger partial charge in [0.2, 0.25) is 10.0 Å². The normalized spacial score (nSPS) is 15.4. The van der Waals surface area contributed by atoms with Crippen molar-refractivity contribution in [1.29, 1.82) is 0 Å². The van der Waals surface area contributed by atoms with Gasteiger partial charge < -0.3 is 5.11 Å². The fraction of sp³-hybridized carbons (Fsp3) is 0.467. The second kappa shape index (κ2) is 7.57. The van der Waals surface area contributed by atoms with E-state index in [9.17, 15) is 8.42 Å². The summed E-state index contributed by atoms with van der Waals surface area (Å²) in [5.41, 5.74) is 1.02. The predicted octanol–water partition coefficient (Wildman–Crippen LogP) is 2.24. The number of rotatable bonds is 7. The lowest BCUT2D eigenvalue weighted by atomic mass is 10.1. The number of aliphatic hydroxyl groups excluding tert-OH is 1. The highest BCUT2D eigenvalue weighted by Crippen LogP contribution is 2.12. The maximum absolute atomic E-state index is 12.2. The van der Waals surface area contributed by atoms with Crippen LogP contribution in [0.15, 0.2) is 41.3 Å². The largest absolute Gasteiger partial charge is 0.396 e. The second-order valence-electron chi connectivity index (χ2n) is 4.99. The lowest BCUT2D eigenvalue weighted by molar-refractivity contribution is 0.261. The van der Waals surface area contributed by atoms with E-state index in [0.29, 0.717) is 6.42 Å². The van der Waals surface area contributed by atoms with Crippen molar-refractivity contribution >= 4 is 10.0 Å². The van der Waals surface area contributed by atoms with Crippen molar-refractivity contribution in [2.75, 3.05) is 6.61 Å². The number of aryl methyl sites for hydroxylation is 1. The van der Waals surface area contributed by atoms with Gasteiger partial charge in [0.1, 0.15) is 0 Å². The summed E-state index contributed by atoms with van der Waals surface area (Å²) in [5.74, 6) is 0.0212. The molecule has 0 bridgehead atoms. The molecular weight excluding hydrogens is 274 g/mol. The molecule has 1 aromatic rings. The van der Waals surface area contributed by atoms with Crippen LogP contribution in [0.2, 0.25) is 0 Å². The first-order valence-corrected chi connectivity index (χ1v) is 8.25. The van der Waals surface area contributed by atoms with E-state index < -0.39 is 10.0 Å². The number of hydrogen-bond acceptors (Lipinski definition) is 3. The number of nitrogens with one attached hydrogen (secondary N) is 1. The van der Waals surface area contributed by atoms with E-state index in [4.69, 9.17) is 5.11 Å². The molecule has 4 nitrogen and oxygen atoms in total. The van der Waals surface area contributed by atoms with Crippen LogP contribution in [0.25, 0.3) is 0 Å². The van der Waals surface area contributed by atoms with Crippen LogP contribution in [-0.4, -0.2) is 26.2 Å². The Balaban J connectivity index is 2.82. The minimum Gasteiger partial charge on any atom is -0.396 e. The minimum absolute atomic E-state index is 0.0212. The van der Waals surface area contributed by atoms with E-state index in [2.05, 4.69) is 4.72 Å². The molecule has 112 valence electrons. The standard InChI is InChI=1S/C15H23NO3S/c1-4-14(8-5-13(3)11-17)16-20(18,19)15-9-6-12(2)7-10-15/h5-10,13-14,16-17H,4,11H2,1-3H3/b8-5+/t13?,14-/m1/s1. The van der Waals surface area contributed by atoms with Crippen LogP contribution in [0.1, 0.15) is 25.8 Å². The molecule has 0 aliphatic heterocycles. The Hall–Kier alpha value is -1.17. The number of hydrogen-bond donors (Lipinski definition) is 2. The van der Waals surface area contributed by atoms with E-state index >= 15 is 0 Å². The second-order valence-corrected chi connectivity index (χ2v) is 6.71. The Morgan fingerprint density at radius 3 is 2.35 bits per heavy atom. The van der Waals surface area contributed by atoms with Crippen LogP contribution < -0.4 is 4.72 Å². The summed E-state index contributed by atoms with van der Waals surface area (Å²) in [6.07, 6.45) is 4.28. The van der Waals surface area contributed by atoms with E-state index in [1.807, 2.05) is 26.8 Å². The van der Waals surface area contributed by atoms with Gasteiger partial charge in [0.05, 0.1) is 4.90 Å². The molecule has 0 amide bonds. The zero-order chi connectivity index (χ0) is 15.2. The van der Waals surface area contributed by atoms with Crippen molar-refractivity contribution in [3.8, 4) is 0 Å². The smallest absolute Gasteiger partial charge is 0.241 e. The van der Waals surface area contributed by atoms with Crippen LogP contribution in [0.4, 0.5) is 0 Å². The molecule has 0 heterocycles. The zero-order valence-corrected chi connectivity index (χ0v) is 13.0. The summed E-state index contributed by atoms with van der Waals surface area (Å²) in [7, 11) is -3.51. The Kier molecular flexibility index (Phi) is 6.39. The Morgan fingerprint density at radius 2 is 1.85 bits per heavy atom. The lowest BCUT2D eigenvalue weighted by Gasteiger charge is -2.14. The molecule has 0 aliphatic carbocycles. The van der Waals surface area contributed by atoms with Gasteiger partial charge >= 0.3 is 0 Å². The van der Waals surface area contributed by atoms with Crippen LogP contribution in [-0.2, 0) is 10.0 Å². The Morgan fingerprint density at radius 1 is 1.25 bits per heavy atom. The molecule has 0 spiro atoms. The summed E-state index contributed by atoms with van der Waals surface area (Å²) in [6.45, 7) is 5.75. The molecule has 0 aromatic heterocycles. The summed E-state index contributed by atoms with van der Waals surface area (Å²) in [4.78, 5) is 0.269. The van der Waals surface area contributed by atoms with Crippen LogP contribution in [0.5, 0.6) is 0 Å². The van der Waals surface area contributed by atoms with Gasteiger partial charge in [-0.3, -0.25) is 0 Å². The lowest BCUT2D eigenvalue weighted by Crippen LogP contribution is -2.33. The van der Waals surface area contributed by atoms with Crippen LogP contribution >= 0.6 is 0 Å². The quantitative estimate of drug-likeness (QED) is 0.759. The van der Waals surface area contributed by atoms with Gasteiger partial charge in [-0.05, 0) is 31.4 Å². The van der Waals surface area contributed by atoms with Crippen molar-refractivity contribution in [1.82, 2.24) is 4.72 Å². The van der Waals surface area contributed by atoms with Crippen molar-refractivity contribution in [2.45, 2.75) is 38.1 Å². The van der Waals surface area contributed by atoms with Crippen LogP contribution in [0, 0.1) is 12.8 Å². The molecule has 0 aliphatic rings. The van der Waals surface area contributed by atoms with Gasteiger partial charge in [0.25, 0.3) is 0 Å². The fourth-order valence-corrected chi connectivity index (χ4v) is 2.90. The van der Waals surface area contributed by atoms with Gasteiger partial charge in [0.15, 0.2) is 0 Å². The molecule has 0 saturated heterocycles. The SMILES string of the molecule is CC[C@H](/C=C/C(C)CO)NS(=O)(=O)c1ccc(C)cc1. The Labute approximate surface area is 121 Å². The molecule has 1 aromatic carbocycles. The van der Waals surface area contributed by atoms with E-state index in [1.54, 1.807) is 30.3 Å². The topological polar surface area (TPSA) is 66.4 Å². The van der Waals surface area contributed by atoms with Crippen molar-refractivity contribution in [3.05, 3.63) is 42.0 Å². The molecule has 1 rings (SSSR count). The summed E-state index contributed by atoms with van der Waals surface area (Å²) < 4.78 is 27.1. The molecule has 0 fully saturated rings. The summed E-state index contributed by atoms with van der Waals surface area (Å²) in [6, 6.07) is 6.49. The van der Waals surface area contributed by atoms with Crippen molar-refractivity contribution in [2.24, 2.45) is 5.92 Å². The van der Waals surface area contributed by atoms with Gasteiger partial charge in [-0.25, -0.2) is 13.1 Å². The first-order valence-electron chi connectivity index (χ1n) is 6.77. The number of aliphatic hydroxyl groups is 1. The third-order valence-electron chi connectivity index (χ3n) is 3.04. The van der Waals surface area contributed by atoms with Gasteiger partial charge in [0, 0.05) is 12.6 Å². The molecule has 0 saturated carbocycles. The van der Waals surface area contributed by atoms with E-state index in [0.717, 1.165) is 5.56 Å². The highest BCUT2D eigenvalue weighted by Gasteiger charge is 2.17. The summed E-state index contributed by atoms with van der Waals surface area (Å²) in [5, 5.41) is 8.97. The highest BCUT2D eigenvalue weighted by molar-refractivity contribution is 7.89. The third kappa shape index (κ3) is 5.07. The van der Waals surface area contributed by atoms with Gasteiger partial charge in [-0.2, -0.15) is 0 Å². The maximum atomic E-state index is 12.2.